The minimum absolute atomic E-state index is 0.138. The largest absolute Gasteiger partial charge is 0.292 e. The summed E-state index contributed by atoms with van der Waals surface area (Å²) in [5, 5.41) is 0. The summed E-state index contributed by atoms with van der Waals surface area (Å²) < 4.78 is 0. The number of hydrogen-bond acceptors (Lipinski definition) is 3. The van der Waals surface area contributed by atoms with E-state index in [9.17, 15) is 14.4 Å². The summed E-state index contributed by atoms with van der Waals surface area (Å²) in [4.78, 5) is 39.1. The van der Waals surface area contributed by atoms with Gasteiger partial charge in [0.25, 0.3) is 0 Å². The van der Waals surface area contributed by atoms with Crippen LogP contribution >= 0.6 is 0 Å². The van der Waals surface area contributed by atoms with Crippen LogP contribution in [-0.4, -0.2) is 29.0 Å². The van der Waals surface area contributed by atoms with E-state index in [1.165, 1.54) is 4.90 Å². The van der Waals surface area contributed by atoms with E-state index in [0.29, 0.717) is 5.56 Å². The Balaban J connectivity index is 1.47. The summed E-state index contributed by atoms with van der Waals surface area (Å²) in [6.45, 7) is -0.149. The number of imide groups is 1. The van der Waals surface area contributed by atoms with Gasteiger partial charge in [-0.3, -0.25) is 19.3 Å². The first-order chi connectivity index (χ1) is 13.1. The lowest BCUT2D eigenvalue weighted by Gasteiger charge is -2.30. The van der Waals surface area contributed by atoms with Gasteiger partial charge in [-0.2, -0.15) is 0 Å². The molecule has 2 fully saturated rings. The van der Waals surface area contributed by atoms with E-state index in [4.69, 9.17) is 0 Å². The van der Waals surface area contributed by atoms with Gasteiger partial charge in [-0.25, -0.2) is 0 Å². The molecular weight excluding hydrogens is 338 g/mol. The molecule has 27 heavy (non-hydrogen) atoms. The minimum atomic E-state index is -0.535. The number of nitrogens with zero attached hydrogens (tertiary/aromatic N) is 1. The van der Waals surface area contributed by atoms with Gasteiger partial charge in [0.2, 0.25) is 11.8 Å². The first-order valence-electron chi connectivity index (χ1n) is 9.63. The van der Waals surface area contributed by atoms with Crippen LogP contribution in [0.5, 0.6) is 0 Å². The van der Waals surface area contributed by atoms with E-state index in [2.05, 4.69) is 0 Å². The second-order valence-electron chi connectivity index (χ2n) is 7.67. The molecule has 138 valence electrons. The molecule has 1 aliphatic heterocycles. The molecule has 2 aromatic rings. The summed E-state index contributed by atoms with van der Waals surface area (Å²) >= 11 is 0. The molecule has 0 bridgehead atoms. The molecule has 4 heteroatoms. The van der Waals surface area contributed by atoms with Gasteiger partial charge in [-0.05, 0) is 24.0 Å². The Morgan fingerprint density at radius 2 is 1.48 bits per heavy atom. The first kappa shape index (κ1) is 17.7. The molecule has 2 aliphatic rings. The normalized spacial score (nSPS) is 18.9. The first-order valence-corrected chi connectivity index (χ1v) is 9.63. The number of carbonyl (C=O) groups excluding carboxylic acids is 3. The second kappa shape index (κ2) is 7.10. The number of Topliss-reactive ketones (excluding diaryl/α,β-unsaturated/α-hetero) is 1. The van der Waals surface area contributed by atoms with Gasteiger partial charge in [-0.1, -0.05) is 73.9 Å². The highest BCUT2D eigenvalue weighted by Gasteiger charge is 2.51. The number of rotatable bonds is 4. The average Bonchev–Trinajstić information content (AvgIpc) is 2.93. The Labute approximate surface area is 159 Å². The van der Waals surface area contributed by atoms with Crippen molar-refractivity contribution in [2.24, 2.45) is 5.41 Å². The molecule has 1 saturated heterocycles. The summed E-state index contributed by atoms with van der Waals surface area (Å²) in [6.07, 6.45) is 4.91. The van der Waals surface area contributed by atoms with E-state index in [0.717, 1.165) is 43.2 Å². The highest BCUT2D eigenvalue weighted by molar-refractivity contribution is 6.10. The van der Waals surface area contributed by atoms with Crippen LogP contribution < -0.4 is 0 Å². The third-order valence-electron chi connectivity index (χ3n) is 5.92. The predicted molar refractivity (Wildman–Crippen MR) is 103 cm³/mol. The zero-order valence-electron chi connectivity index (χ0n) is 15.3. The monoisotopic (exact) mass is 361 g/mol. The molecule has 0 radical (unpaired) electrons. The molecule has 1 heterocycles. The van der Waals surface area contributed by atoms with Gasteiger partial charge < -0.3 is 0 Å². The Hall–Kier alpha value is -2.75. The van der Waals surface area contributed by atoms with E-state index in [1.54, 1.807) is 12.1 Å². The van der Waals surface area contributed by atoms with Gasteiger partial charge in [0.1, 0.15) is 0 Å². The number of benzene rings is 2. The third-order valence-corrected chi connectivity index (χ3v) is 5.92. The molecule has 1 aliphatic carbocycles. The van der Waals surface area contributed by atoms with Crippen LogP contribution in [-0.2, 0) is 9.59 Å². The molecule has 4 nitrogen and oxygen atoms in total. The Bertz CT molecular complexity index is 864. The van der Waals surface area contributed by atoms with Gasteiger partial charge in [0.05, 0.1) is 12.0 Å². The summed E-state index contributed by atoms with van der Waals surface area (Å²) in [7, 11) is 0. The van der Waals surface area contributed by atoms with Gasteiger partial charge >= 0.3 is 0 Å². The fourth-order valence-corrected chi connectivity index (χ4v) is 4.35. The molecule has 4 rings (SSSR count). The lowest BCUT2D eigenvalue weighted by atomic mass is 9.73. The summed E-state index contributed by atoms with van der Waals surface area (Å²) in [5.41, 5.74) is 2.11. The molecule has 1 saturated carbocycles. The fourth-order valence-electron chi connectivity index (χ4n) is 4.35. The zero-order chi connectivity index (χ0) is 18.9. The van der Waals surface area contributed by atoms with Crippen molar-refractivity contribution in [2.45, 2.75) is 38.5 Å². The van der Waals surface area contributed by atoms with Crippen molar-refractivity contribution in [1.82, 2.24) is 4.90 Å². The quantitative estimate of drug-likeness (QED) is 0.604. The number of amides is 2. The summed E-state index contributed by atoms with van der Waals surface area (Å²) in [6, 6.07) is 17.3. The van der Waals surface area contributed by atoms with Crippen LogP contribution in [0.1, 0.15) is 48.9 Å². The number of hydrogen-bond donors (Lipinski definition) is 0. The van der Waals surface area contributed by atoms with E-state index in [-0.39, 0.29) is 30.6 Å². The Morgan fingerprint density at radius 1 is 0.852 bits per heavy atom. The fraction of sp³-hybridized carbons (Fsp3) is 0.348. The lowest BCUT2D eigenvalue weighted by molar-refractivity contribution is -0.141. The molecule has 1 spiro atoms. The SMILES string of the molecule is O=C(CN1C(=O)CC2(CCCCC2)C1=O)c1ccc(-c2ccccc2)cc1. The molecular formula is C23H23NO3. The smallest absolute Gasteiger partial charge is 0.236 e. The van der Waals surface area contributed by atoms with E-state index >= 15 is 0 Å². The van der Waals surface area contributed by atoms with Crippen molar-refractivity contribution >= 4 is 17.6 Å². The van der Waals surface area contributed by atoms with Crippen LogP contribution in [0, 0.1) is 5.41 Å². The Kier molecular flexibility index (Phi) is 4.65. The molecule has 0 aromatic heterocycles. The van der Waals surface area contributed by atoms with Crippen molar-refractivity contribution in [3.05, 3.63) is 60.2 Å². The van der Waals surface area contributed by atoms with Crippen LogP contribution in [0.15, 0.2) is 54.6 Å². The van der Waals surface area contributed by atoms with Crippen molar-refractivity contribution in [1.29, 1.82) is 0 Å². The third kappa shape index (κ3) is 3.32. The maximum absolute atomic E-state index is 12.9. The average molecular weight is 361 g/mol. The molecule has 2 aromatic carbocycles. The maximum atomic E-state index is 12.9. The standard InChI is InChI=1S/C23H23NO3/c25-20(19-11-9-18(10-12-19)17-7-3-1-4-8-17)16-24-21(26)15-23(22(24)27)13-5-2-6-14-23/h1,3-4,7-12H,2,5-6,13-16H2. The zero-order valence-corrected chi connectivity index (χ0v) is 15.3. The van der Waals surface area contributed by atoms with Crippen LogP contribution in [0.4, 0.5) is 0 Å². The second-order valence-corrected chi connectivity index (χ2v) is 7.67. The predicted octanol–water partition coefficient (Wildman–Crippen LogP) is 4.25. The van der Waals surface area contributed by atoms with Crippen LogP contribution in [0.25, 0.3) is 11.1 Å². The van der Waals surface area contributed by atoms with Gasteiger partial charge in [0, 0.05) is 12.0 Å². The molecule has 0 atom stereocenters. The number of ketones is 1. The maximum Gasteiger partial charge on any atom is 0.236 e. The van der Waals surface area contributed by atoms with Crippen molar-refractivity contribution in [2.75, 3.05) is 6.54 Å². The van der Waals surface area contributed by atoms with E-state index < -0.39 is 5.41 Å². The Morgan fingerprint density at radius 3 is 2.15 bits per heavy atom. The van der Waals surface area contributed by atoms with Gasteiger partial charge in [0.15, 0.2) is 5.78 Å². The van der Waals surface area contributed by atoms with Crippen molar-refractivity contribution < 1.29 is 14.4 Å². The topological polar surface area (TPSA) is 54.5 Å². The van der Waals surface area contributed by atoms with Crippen LogP contribution in [0.3, 0.4) is 0 Å². The molecule has 0 unspecified atom stereocenters. The highest BCUT2D eigenvalue weighted by Crippen LogP contribution is 2.45. The molecule has 0 N–H and O–H groups in total. The number of likely N-dealkylation sites (tertiary alicyclic amines) is 1. The van der Waals surface area contributed by atoms with Crippen molar-refractivity contribution in [3.63, 3.8) is 0 Å². The van der Waals surface area contributed by atoms with Crippen LogP contribution in [0.2, 0.25) is 0 Å². The minimum Gasteiger partial charge on any atom is -0.292 e. The number of carbonyl (C=O) groups is 3. The molecule has 2 amide bonds. The highest BCUT2D eigenvalue weighted by atomic mass is 16.2. The van der Waals surface area contributed by atoms with Gasteiger partial charge in [-0.15, -0.1) is 0 Å². The van der Waals surface area contributed by atoms with Crippen molar-refractivity contribution in [3.8, 4) is 11.1 Å². The lowest BCUT2D eigenvalue weighted by Crippen LogP contribution is -2.39. The summed E-state index contributed by atoms with van der Waals surface area (Å²) in [5.74, 6) is -0.526. The van der Waals surface area contributed by atoms with E-state index in [1.807, 2.05) is 42.5 Å².